The van der Waals surface area contributed by atoms with E-state index in [1.54, 1.807) is 12.1 Å². The minimum atomic E-state index is -2.86. The van der Waals surface area contributed by atoms with E-state index in [9.17, 15) is 8.78 Å². The normalized spacial score (nSPS) is 11.9. The number of rotatable bonds is 3. The molecule has 15 heavy (non-hydrogen) atoms. The Morgan fingerprint density at radius 1 is 1.27 bits per heavy atom. The number of alkyl halides is 2. The second-order valence-corrected chi connectivity index (χ2v) is 4.00. The Labute approximate surface area is 89.1 Å². The van der Waals surface area contributed by atoms with Gasteiger partial charge in [0.1, 0.15) is 5.75 Å². The third-order valence-corrected chi connectivity index (χ3v) is 2.37. The van der Waals surface area contributed by atoms with Crippen molar-refractivity contribution in [3.63, 3.8) is 0 Å². The quantitative estimate of drug-likeness (QED) is 0.740. The molecule has 0 fully saturated rings. The average molecular weight is 214 g/mol. The van der Waals surface area contributed by atoms with Gasteiger partial charge in [-0.05, 0) is 23.6 Å². The topological polar surface area (TPSA) is 9.23 Å². The smallest absolute Gasteiger partial charge is 0.274 e. The first-order chi connectivity index (χ1) is 6.86. The van der Waals surface area contributed by atoms with Crippen molar-refractivity contribution in [2.75, 3.05) is 7.11 Å². The van der Waals surface area contributed by atoms with Crippen molar-refractivity contribution in [1.82, 2.24) is 0 Å². The van der Waals surface area contributed by atoms with Crippen molar-refractivity contribution >= 4 is 0 Å². The summed E-state index contributed by atoms with van der Waals surface area (Å²) in [6.45, 7) is 4.90. The summed E-state index contributed by atoms with van der Waals surface area (Å²) < 4.78 is 31.3. The van der Waals surface area contributed by atoms with Crippen molar-refractivity contribution in [2.45, 2.75) is 32.6 Å². The second kappa shape index (κ2) is 4.17. The van der Waals surface area contributed by atoms with Gasteiger partial charge in [0.15, 0.2) is 0 Å². The molecule has 1 aromatic rings. The lowest BCUT2D eigenvalue weighted by molar-refractivity contribution is 0.0150. The van der Waals surface area contributed by atoms with Gasteiger partial charge in [0, 0.05) is 6.92 Å². The Morgan fingerprint density at radius 2 is 1.87 bits per heavy atom. The zero-order valence-corrected chi connectivity index (χ0v) is 9.47. The lowest BCUT2D eigenvalue weighted by Crippen LogP contribution is -2.09. The first-order valence-corrected chi connectivity index (χ1v) is 4.92. The molecule has 3 heteroatoms. The fraction of sp³-hybridized carbons (Fsp3) is 0.500. The molecular formula is C12H16F2O. The molecule has 0 aromatic heterocycles. The largest absolute Gasteiger partial charge is 0.496 e. The molecule has 0 aliphatic heterocycles. The Balaban J connectivity index is 3.21. The van der Waals surface area contributed by atoms with Gasteiger partial charge in [-0.25, -0.2) is 8.78 Å². The van der Waals surface area contributed by atoms with Crippen molar-refractivity contribution in [2.24, 2.45) is 0 Å². The third kappa shape index (κ3) is 2.67. The molecule has 0 amide bonds. The van der Waals surface area contributed by atoms with Crippen LogP contribution in [0.5, 0.6) is 5.75 Å². The van der Waals surface area contributed by atoms with Crippen LogP contribution in [0.2, 0.25) is 0 Å². The molecule has 0 aliphatic rings. The van der Waals surface area contributed by atoms with Gasteiger partial charge < -0.3 is 4.74 Å². The van der Waals surface area contributed by atoms with Crippen molar-refractivity contribution in [1.29, 1.82) is 0 Å². The lowest BCUT2D eigenvalue weighted by Gasteiger charge is -2.16. The number of methoxy groups -OCH3 is 1. The van der Waals surface area contributed by atoms with E-state index in [4.69, 9.17) is 4.74 Å². The maximum absolute atomic E-state index is 13.2. The van der Waals surface area contributed by atoms with E-state index in [0.717, 1.165) is 12.5 Å². The van der Waals surface area contributed by atoms with Crippen LogP contribution in [0.15, 0.2) is 18.2 Å². The highest BCUT2D eigenvalue weighted by atomic mass is 19.3. The Kier molecular flexibility index (Phi) is 3.32. The summed E-state index contributed by atoms with van der Waals surface area (Å²) in [7, 11) is 1.41. The molecule has 1 nitrogen and oxygen atoms in total. The predicted octanol–water partition coefficient (Wildman–Crippen LogP) is 3.93. The summed E-state index contributed by atoms with van der Waals surface area (Å²) in [5.74, 6) is -2.30. The van der Waals surface area contributed by atoms with Crippen LogP contribution in [0.4, 0.5) is 8.78 Å². The van der Waals surface area contributed by atoms with Crippen LogP contribution in [0.1, 0.15) is 37.8 Å². The Hall–Kier alpha value is -1.12. The molecule has 0 saturated carbocycles. The zero-order chi connectivity index (χ0) is 11.6. The van der Waals surface area contributed by atoms with E-state index in [2.05, 4.69) is 0 Å². The second-order valence-electron chi connectivity index (χ2n) is 4.00. The fourth-order valence-corrected chi connectivity index (χ4v) is 1.43. The molecule has 84 valence electrons. The fourth-order valence-electron chi connectivity index (χ4n) is 1.43. The summed E-state index contributed by atoms with van der Waals surface area (Å²) in [6.07, 6.45) is 0. The Morgan fingerprint density at radius 3 is 2.27 bits per heavy atom. The minimum absolute atomic E-state index is 0.0607. The van der Waals surface area contributed by atoms with Gasteiger partial charge >= 0.3 is 0 Å². The summed E-state index contributed by atoms with van der Waals surface area (Å²) >= 11 is 0. The van der Waals surface area contributed by atoms with E-state index in [1.807, 2.05) is 13.8 Å². The van der Waals surface area contributed by atoms with Crippen molar-refractivity contribution in [3.05, 3.63) is 29.3 Å². The average Bonchev–Trinajstić information content (AvgIpc) is 2.15. The highest BCUT2D eigenvalue weighted by Gasteiger charge is 2.28. The number of benzene rings is 1. The van der Waals surface area contributed by atoms with E-state index in [0.29, 0.717) is 5.92 Å². The van der Waals surface area contributed by atoms with Crippen LogP contribution in [0.3, 0.4) is 0 Å². The van der Waals surface area contributed by atoms with Crippen molar-refractivity contribution in [3.8, 4) is 5.75 Å². The van der Waals surface area contributed by atoms with Gasteiger partial charge in [0.25, 0.3) is 5.92 Å². The van der Waals surface area contributed by atoms with Crippen LogP contribution in [-0.4, -0.2) is 7.11 Å². The maximum atomic E-state index is 13.2. The predicted molar refractivity (Wildman–Crippen MR) is 56.7 cm³/mol. The number of hydrogen-bond acceptors (Lipinski definition) is 1. The van der Waals surface area contributed by atoms with Crippen molar-refractivity contribution < 1.29 is 13.5 Å². The monoisotopic (exact) mass is 214 g/mol. The number of hydrogen-bond donors (Lipinski definition) is 0. The third-order valence-electron chi connectivity index (χ3n) is 2.37. The molecule has 0 bridgehead atoms. The summed E-state index contributed by atoms with van der Waals surface area (Å²) in [5.41, 5.74) is 0.939. The lowest BCUT2D eigenvalue weighted by atomic mass is 9.99. The van der Waals surface area contributed by atoms with E-state index >= 15 is 0 Å². The van der Waals surface area contributed by atoms with Crippen LogP contribution in [0, 0.1) is 0 Å². The van der Waals surface area contributed by atoms with Crippen LogP contribution in [0.25, 0.3) is 0 Å². The summed E-state index contributed by atoms with van der Waals surface area (Å²) in [6, 6.07) is 4.84. The van der Waals surface area contributed by atoms with E-state index < -0.39 is 5.92 Å². The molecule has 0 N–H and O–H groups in total. The molecule has 0 aliphatic carbocycles. The van der Waals surface area contributed by atoms with Gasteiger partial charge in [-0.3, -0.25) is 0 Å². The minimum Gasteiger partial charge on any atom is -0.496 e. The molecular weight excluding hydrogens is 198 g/mol. The Bertz CT molecular complexity index is 340. The first-order valence-electron chi connectivity index (χ1n) is 4.92. The van der Waals surface area contributed by atoms with Gasteiger partial charge in [-0.2, -0.15) is 0 Å². The summed E-state index contributed by atoms with van der Waals surface area (Å²) in [4.78, 5) is 0. The molecule has 0 unspecified atom stereocenters. The SMILES string of the molecule is COc1cc(C(C)C)ccc1C(C)(F)F. The standard InChI is InChI=1S/C12H16F2O/c1-8(2)9-5-6-10(12(3,13)14)11(7-9)15-4/h5-8H,1-4H3. The van der Waals surface area contributed by atoms with Gasteiger partial charge in [0.2, 0.25) is 0 Å². The van der Waals surface area contributed by atoms with Gasteiger partial charge in [-0.1, -0.05) is 19.9 Å². The van der Waals surface area contributed by atoms with Crippen LogP contribution < -0.4 is 4.74 Å². The molecule has 1 rings (SSSR count). The molecule has 0 atom stereocenters. The highest BCUT2D eigenvalue weighted by Crippen LogP contribution is 2.36. The van der Waals surface area contributed by atoms with Crippen LogP contribution >= 0.6 is 0 Å². The van der Waals surface area contributed by atoms with E-state index in [-0.39, 0.29) is 11.3 Å². The molecule has 1 aromatic carbocycles. The maximum Gasteiger partial charge on any atom is 0.274 e. The number of halogens is 2. The molecule has 0 saturated heterocycles. The zero-order valence-electron chi connectivity index (χ0n) is 9.47. The molecule has 0 radical (unpaired) electrons. The highest BCUT2D eigenvalue weighted by molar-refractivity contribution is 5.41. The van der Waals surface area contributed by atoms with E-state index in [1.165, 1.54) is 13.2 Å². The molecule has 0 heterocycles. The number of ether oxygens (including phenoxy) is 1. The molecule has 0 spiro atoms. The summed E-state index contributed by atoms with van der Waals surface area (Å²) in [5, 5.41) is 0. The first kappa shape index (κ1) is 12.0. The van der Waals surface area contributed by atoms with Gasteiger partial charge in [-0.15, -0.1) is 0 Å². The van der Waals surface area contributed by atoms with Gasteiger partial charge in [0.05, 0.1) is 12.7 Å². The van der Waals surface area contributed by atoms with Crippen LogP contribution in [-0.2, 0) is 5.92 Å².